The molecule has 1 saturated heterocycles. The van der Waals surface area contributed by atoms with Gasteiger partial charge in [0.2, 0.25) is 0 Å². The van der Waals surface area contributed by atoms with E-state index in [1.54, 1.807) is 37.3 Å². The predicted octanol–water partition coefficient (Wildman–Crippen LogP) is 0.892. The number of hydrogen-bond donors (Lipinski definition) is 1. The normalized spacial score (nSPS) is 22.0. The second-order valence-corrected chi connectivity index (χ2v) is 5.10. The molecule has 2 atom stereocenters. The van der Waals surface area contributed by atoms with Gasteiger partial charge in [0.1, 0.15) is 11.5 Å². The van der Waals surface area contributed by atoms with Crippen molar-refractivity contribution in [2.75, 3.05) is 33.9 Å². The zero-order chi connectivity index (χ0) is 15.4. The first-order valence-electron chi connectivity index (χ1n) is 6.94. The second kappa shape index (κ2) is 6.78. The highest BCUT2D eigenvalue weighted by atomic mass is 16.5. The average molecular weight is 294 g/mol. The van der Waals surface area contributed by atoms with Gasteiger partial charge >= 0.3 is 0 Å². The van der Waals surface area contributed by atoms with E-state index in [9.17, 15) is 4.79 Å². The third-order valence-electron chi connectivity index (χ3n) is 3.63. The summed E-state index contributed by atoms with van der Waals surface area (Å²) in [5.74, 6) is 1.12. The van der Waals surface area contributed by atoms with E-state index in [4.69, 9.17) is 19.9 Å². The maximum Gasteiger partial charge on any atom is 0.254 e. The third kappa shape index (κ3) is 3.46. The van der Waals surface area contributed by atoms with E-state index in [2.05, 4.69) is 0 Å². The van der Waals surface area contributed by atoms with Crippen LogP contribution >= 0.6 is 0 Å². The molecule has 2 unspecified atom stereocenters. The standard InChI is InChI=1S/C15H22N2O4/c1-10-9-21-14(7-16)8-17(10)15(18)11-4-12(19-2)6-13(5-11)20-3/h4-6,10,14H,7-9,16H2,1-3H3. The molecule has 116 valence electrons. The van der Waals surface area contributed by atoms with Gasteiger partial charge in [-0.1, -0.05) is 0 Å². The Hall–Kier alpha value is -1.79. The number of rotatable bonds is 4. The molecule has 0 bridgehead atoms. The molecule has 1 aromatic carbocycles. The molecule has 1 heterocycles. The van der Waals surface area contributed by atoms with Gasteiger partial charge in [-0.25, -0.2) is 0 Å². The van der Waals surface area contributed by atoms with Crippen molar-refractivity contribution in [2.45, 2.75) is 19.1 Å². The maximum absolute atomic E-state index is 12.7. The number of nitrogens with zero attached hydrogens (tertiary/aromatic N) is 1. The molecule has 1 aliphatic rings. The monoisotopic (exact) mass is 294 g/mol. The number of benzene rings is 1. The number of nitrogens with two attached hydrogens (primary N) is 1. The highest BCUT2D eigenvalue weighted by Crippen LogP contribution is 2.24. The first-order valence-corrected chi connectivity index (χ1v) is 6.94. The van der Waals surface area contributed by atoms with E-state index < -0.39 is 0 Å². The highest BCUT2D eigenvalue weighted by molar-refractivity contribution is 5.95. The van der Waals surface area contributed by atoms with E-state index in [-0.39, 0.29) is 18.1 Å². The summed E-state index contributed by atoms with van der Waals surface area (Å²) in [6, 6.07) is 5.18. The van der Waals surface area contributed by atoms with E-state index in [0.29, 0.717) is 36.8 Å². The van der Waals surface area contributed by atoms with Gasteiger partial charge in [0.15, 0.2) is 0 Å². The Morgan fingerprint density at radius 1 is 1.33 bits per heavy atom. The minimum absolute atomic E-state index is 0.0116. The van der Waals surface area contributed by atoms with Gasteiger partial charge in [-0.2, -0.15) is 0 Å². The van der Waals surface area contributed by atoms with Crippen LogP contribution in [-0.2, 0) is 4.74 Å². The predicted molar refractivity (Wildman–Crippen MR) is 78.8 cm³/mol. The van der Waals surface area contributed by atoms with Crippen LogP contribution in [0.25, 0.3) is 0 Å². The summed E-state index contributed by atoms with van der Waals surface area (Å²) in [6.45, 7) is 3.35. The lowest BCUT2D eigenvalue weighted by atomic mass is 10.1. The number of methoxy groups -OCH3 is 2. The zero-order valence-electron chi connectivity index (χ0n) is 12.7. The first-order chi connectivity index (χ1) is 10.1. The van der Waals surface area contributed by atoms with E-state index in [1.165, 1.54) is 0 Å². The second-order valence-electron chi connectivity index (χ2n) is 5.10. The Kier molecular flexibility index (Phi) is 5.03. The average Bonchev–Trinajstić information content (AvgIpc) is 2.54. The summed E-state index contributed by atoms with van der Waals surface area (Å²) < 4.78 is 16.0. The Bertz CT molecular complexity index is 484. The molecular weight excluding hydrogens is 272 g/mol. The van der Waals surface area contributed by atoms with Gasteiger partial charge < -0.3 is 24.8 Å². The molecule has 0 spiro atoms. The molecule has 6 heteroatoms. The van der Waals surface area contributed by atoms with Crippen LogP contribution in [0.5, 0.6) is 11.5 Å². The van der Waals surface area contributed by atoms with Gasteiger partial charge in [-0.15, -0.1) is 0 Å². The summed E-state index contributed by atoms with van der Waals surface area (Å²) in [6.07, 6.45) is -0.113. The van der Waals surface area contributed by atoms with Gasteiger partial charge in [-0.3, -0.25) is 4.79 Å². The molecule has 21 heavy (non-hydrogen) atoms. The van der Waals surface area contributed by atoms with Crippen LogP contribution in [-0.4, -0.2) is 56.9 Å². The van der Waals surface area contributed by atoms with Gasteiger partial charge in [0, 0.05) is 24.7 Å². The van der Waals surface area contributed by atoms with Crippen molar-refractivity contribution in [1.82, 2.24) is 4.90 Å². The molecule has 0 radical (unpaired) electrons. The fourth-order valence-electron chi connectivity index (χ4n) is 2.34. The van der Waals surface area contributed by atoms with Crippen LogP contribution in [0.2, 0.25) is 0 Å². The summed E-state index contributed by atoms with van der Waals surface area (Å²) in [4.78, 5) is 14.5. The first kappa shape index (κ1) is 15.6. The quantitative estimate of drug-likeness (QED) is 0.893. The fourth-order valence-corrected chi connectivity index (χ4v) is 2.34. The SMILES string of the molecule is COc1cc(OC)cc(C(=O)N2CC(CN)OCC2C)c1. The van der Waals surface area contributed by atoms with Crippen LogP contribution in [0.3, 0.4) is 0 Å². The van der Waals surface area contributed by atoms with E-state index >= 15 is 0 Å². The van der Waals surface area contributed by atoms with Crippen LogP contribution in [0.15, 0.2) is 18.2 Å². The maximum atomic E-state index is 12.7. The van der Waals surface area contributed by atoms with Crippen LogP contribution in [0.4, 0.5) is 0 Å². The van der Waals surface area contributed by atoms with Crippen LogP contribution in [0, 0.1) is 0 Å². The van der Waals surface area contributed by atoms with Crippen LogP contribution in [0.1, 0.15) is 17.3 Å². The number of carbonyl (C=O) groups excluding carboxylic acids is 1. The number of hydrogen-bond acceptors (Lipinski definition) is 5. The lowest BCUT2D eigenvalue weighted by molar-refractivity contribution is -0.0426. The number of amides is 1. The van der Waals surface area contributed by atoms with Gasteiger partial charge in [0.05, 0.1) is 33.0 Å². The lowest BCUT2D eigenvalue weighted by Gasteiger charge is -2.37. The van der Waals surface area contributed by atoms with Crippen molar-refractivity contribution >= 4 is 5.91 Å². The molecule has 1 amide bonds. The summed E-state index contributed by atoms with van der Waals surface area (Å²) in [5.41, 5.74) is 6.18. The molecule has 0 aliphatic carbocycles. The largest absolute Gasteiger partial charge is 0.497 e. The molecule has 0 aromatic heterocycles. The molecule has 2 rings (SSSR count). The smallest absolute Gasteiger partial charge is 0.254 e. The molecule has 0 saturated carbocycles. The van der Waals surface area contributed by atoms with Crippen molar-refractivity contribution in [3.8, 4) is 11.5 Å². The third-order valence-corrected chi connectivity index (χ3v) is 3.63. The Morgan fingerprint density at radius 2 is 1.95 bits per heavy atom. The number of morpholine rings is 1. The van der Waals surface area contributed by atoms with Crippen LogP contribution < -0.4 is 15.2 Å². The zero-order valence-corrected chi connectivity index (χ0v) is 12.7. The minimum atomic E-state index is -0.113. The summed E-state index contributed by atoms with van der Waals surface area (Å²) in [5, 5.41) is 0. The summed E-state index contributed by atoms with van der Waals surface area (Å²) in [7, 11) is 3.12. The van der Waals surface area contributed by atoms with Gasteiger partial charge in [0.25, 0.3) is 5.91 Å². The molecular formula is C15H22N2O4. The Morgan fingerprint density at radius 3 is 2.48 bits per heavy atom. The molecule has 1 fully saturated rings. The molecule has 1 aliphatic heterocycles. The minimum Gasteiger partial charge on any atom is -0.497 e. The molecule has 1 aromatic rings. The lowest BCUT2D eigenvalue weighted by Crippen LogP contribution is -2.52. The van der Waals surface area contributed by atoms with Crippen molar-refractivity contribution in [3.63, 3.8) is 0 Å². The van der Waals surface area contributed by atoms with Crippen molar-refractivity contribution in [2.24, 2.45) is 5.73 Å². The highest BCUT2D eigenvalue weighted by Gasteiger charge is 2.30. The van der Waals surface area contributed by atoms with E-state index in [1.807, 2.05) is 6.92 Å². The molecule has 2 N–H and O–H groups in total. The van der Waals surface area contributed by atoms with E-state index in [0.717, 1.165) is 0 Å². The van der Waals surface area contributed by atoms with Gasteiger partial charge in [-0.05, 0) is 19.1 Å². The Labute approximate surface area is 124 Å². The topological polar surface area (TPSA) is 74.0 Å². The van der Waals surface area contributed by atoms with Crippen molar-refractivity contribution in [1.29, 1.82) is 0 Å². The number of carbonyl (C=O) groups is 1. The van der Waals surface area contributed by atoms with Crippen molar-refractivity contribution < 1.29 is 19.0 Å². The Balaban J connectivity index is 2.25. The summed E-state index contributed by atoms with van der Waals surface area (Å²) >= 11 is 0. The number of ether oxygens (including phenoxy) is 3. The fraction of sp³-hybridized carbons (Fsp3) is 0.533. The molecule has 6 nitrogen and oxygen atoms in total. The van der Waals surface area contributed by atoms with Crippen molar-refractivity contribution in [3.05, 3.63) is 23.8 Å².